The normalized spacial score (nSPS) is 11.7. The van der Waals surface area contributed by atoms with Gasteiger partial charge in [-0.05, 0) is 35.4 Å². The van der Waals surface area contributed by atoms with Crippen molar-refractivity contribution in [2.24, 2.45) is 0 Å². The molecule has 0 atom stereocenters. The van der Waals surface area contributed by atoms with Gasteiger partial charge in [0.1, 0.15) is 11.2 Å². The van der Waals surface area contributed by atoms with Gasteiger partial charge in [0.15, 0.2) is 17.5 Å². The molecule has 0 N–H and O–H groups in total. The molecule has 54 heavy (non-hydrogen) atoms. The molecule has 0 aliphatic rings. The molecular formula is C48H28N4OS. The molecule has 11 rings (SSSR count). The third kappa shape index (κ3) is 4.99. The molecule has 0 bridgehead atoms. The number of thiophene rings is 1. The van der Waals surface area contributed by atoms with E-state index in [1.165, 1.54) is 25.6 Å². The van der Waals surface area contributed by atoms with E-state index < -0.39 is 0 Å². The van der Waals surface area contributed by atoms with Crippen molar-refractivity contribution in [1.82, 2.24) is 19.9 Å². The summed E-state index contributed by atoms with van der Waals surface area (Å²) in [5, 5.41) is 5.76. The Morgan fingerprint density at radius 2 is 0.963 bits per heavy atom. The summed E-state index contributed by atoms with van der Waals surface area (Å²) in [6.45, 7) is 0. The van der Waals surface area contributed by atoms with Crippen LogP contribution < -0.4 is 0 Å². The van der Waals surface area contributed by atoms with Crippen LogP contribution in [0.2, 0.25) is 0 Å². The van der Waals surface area contributed by atoms with E-state index in [9.17, 15) is 0 Å². The average molecular weight is 709 g/mol. The molecule has 7 aromatic carbocycles. The Morgan fingerprint density at radius 3 is 1.74 bits per heavy atom. The lowest BCUT2D eigenvalue weighted by molar-refractivity contribution is 0.669. The highest BCUT2D eigenvalue weighted by Crippen LogP contribution is 2.43. The maximum absolute atomic E-state index is 6.38. The fourth-order valence-corrected chi connectivity index (χ4v) is 8.75. The van der Waals surface area contributed by atoms with E-state index >= 15 is 0 Å². The number of hydrogen-bond donors (Lipinski definition) is 0. The SMILES string of the molecule is c1ccc(-c2nc(-c3ccc(-c4ccc(-c5nc6ccccc6c6sc7ccccc7c56)cc4)cc3)nc(-c3cccc4c3oc3ccccc34)n2)cc1. The lowest BCUT2D eigenvalue weighted by Crippen LogP contribution is -2.00. The Bertz CT molecular complexity index is 3200. The fraction of sp³-hybridized carbons (Fsp3) is 0. The third-order valence-electron chi connectivity index (χ3n) is 10.2. The number of hydrogen-bond acceptors (Lipinski definition) is 6. The van der Waals surface area contributed by atoms with Crippen LogP contribution in [0, 0.1) is 0 Å². The zero-order valence-corrected chi connectivity index (χ0v) is 29.6. The van der Waals surface area contributed by atoms with Crippen LogP contribution in [-0.4, -0.2) is 19.9 Å². The Labute approximate surface area is 313 Å². The van der Waals surface area contributed by atoms with Gasteiger partial charge < -0.3 is 4.42 Å². The predicted molar refractivity (Wildman–Crippen MR) is 222 cm³/mol. The minimum atomic E-state index is 0.568. The maximum atomic E-state index is 6.38. The summed E-state index contributed by atoms with van der Waals surface area (Å²) in [6, 6.07) is 58.5. The quantitative estimate of drug-likeness (QED) is 0.178. The van der Waals surface area contributed by atoms with Crippen molar-refractivity contribution in [3.8, 4) is 56.5 Å². The van der Waals surface area contributed by atoms with Crippen molar-refractivity contribution in [2.45, 2.75) is 0 Å². The van der Waals surface area contributed by atoms with E-state index in [-0.39, 0.29) is 0 Å². The molecule has 0 amide bonds. The molecule has 0 radical (unpaired) electrons. The van der Waals surface area contributed by atoms with Gasteiger partial charge in [0.2, 0.25) is 0 Å². The van der Waals surface area contributed by atoms with Crippen LogP contribution in [0.5, 0.6) is 0 Å². The number of furan rings is 1. The lowest BCUT2D eigenvalue weighted by atomic mass is 9.99. The Balaban J connectivity index is 0.980. The van der Waals surface area contributed by atoms with Crippen molar-refractivity contribution < 1.29 is 4.42 Å². The summed E-state index contributed by atoms with van der Waals surface area (Å²) >= 11 is 1.84. The lowest BCUT2D eigenvalue weighted by Gasteiger charge is -2.10. The number of pyridine rings is 1. The number of rotatable bonds is 5. The van der Waals surface area contributed by atoms with Crippen molar-refractivity contribution in [2.75, 3.05) is 0 Å². The molecule has 0 unspecified atom stereocenters. The van der Waals surface area contributed by atoms with Gasteiger partial charge in [-0.2, -0.15) is 0 Å². The first kappa shape index (κ1) is 30.6. The summed E-state index contributed by atoms with van der Waals surface area (Å²) in [5.74, 6) is 1.78. The number of benzene rings is 7. The second-order valence-electron chi connectivity index (χ2n) is 13.4. The van der Waals surface area contributed by atoms with Gasteiger partial charge in [-0.15, -0.1) is 11.3 Å². The standard InChI is InChI=1S/C48H28N4OS/c1-2-11-32(12-3-1)46-50-47(52-48(51-46)38-17-10-16-35-34-13-5-8-19-40(34)53-44(35)38)33-27-23-30(24-28-33)29-21-25-31(26-22-29)43-42-37-15-6-9-20-41(37)54-45(42)36-14-4-7-18-39(36)49-43/h1-28H. The first-order valence-electron chi connectivity index (χ1n) is 17.9. The zero-order chi connectivity index (χ0) is 35.6. The average Bonchev–Trinajstić information content (AvgIpc) is 3.83. The predicted octanol–water partition coefficient (Wildman–Crippen LogP) is 13.0. The smallest absolute Gasteiger partial charge is 0.167 e. The first-order valence-corrected chi connectivity index (χ1v) is 18.7. The van der Waals surface area contributed by atoms with Crippen LogP contribution in [-0.2, 0) is 0 Å². The molecule has 0 fully saturated rings. The molecule has 11 aromatic rings. The Morgan fingerprint density at radius 1 is 0.389 bits per heavy atom. The van der Waals surface area contributed by atoms with E-state index in [1.807, 2.05) is 72.0 Å². The molecule has 4 heterocycles. The molecule has 252 valence electrons. The van der Waals surface area contributed by atoms with E-state index in [4.69, 9.17) is 24.4 Å². The maximum Gasteiger partial charge on any atom is 0.167 e. The van der Waals surface area contributed by atoms with Crippen LogP contribution in [0.4, 0.5) is 0 Å². The van der Waals surface area contributed by atoms with Crippen molar-refractivity contribution >= 4 is 64.4 Å². The van der Waals surface area contributed by atoms with Gasteiger partial charge in [0.05, 0.1) is 16.8 Å². The van der Waals surface area contributed by atoms with Crippen molar-refractivity contribution in [3.05, 3.63) is 170 Å². The van der Waals surface area contributed by atoms with Gasteiger partial charge in [-0.3, -0.25) is 0 Å². The highest BCUT2D eigenvalue weighted by atomic mass is 32.1. The van der Waals surface area contributed by atoms with Crippen LogP contribution in [0.3, 0.4) is 0 Å². The molecule has 0 aliphatic heterocycles. The summed E-state index contributed by atoms with van der Waals surface area (Å²) in [7, 11) is 0. The van der Waals surface area contributed by atoms with E-state index in [0.29, 0.717) is 17.5 Å². The largest absolute Gasteiger partial charge is 0.455 e. The van der Waals surface area contributed by atoms with Crippen LogP contribution in [0.25, 0.3) is 110 Å². The topological polar surface area (TPSA) is 64.7 Å². The fourth-order valence-electron chi connectivity index (χ4n) is 7.52. The Kier molecular flexibility index (Phi) is 6.97. The second kappa shape index (κ2) is 12.3. The number of para-hydroxylation sites is 3. The third-order valence-corrected chi connectivity index (χ3v) is 11.4. The Hall–Kier alpha value is -7.02. The molecule has 4 aromatic heterocycles. The number of nitrogens with zero attached hydrogens (tertiary/aromatic N) is 4. The number of aromatic nitrogens is 4. The minimum absolute atomic E-state index is 0.568. The summed E-state index contributed by atoms with van der Waals surface area (Å²) in [4.78, 5) is 20.2. The summed E-state index contributed by atoms with van der Waals surface area (Å²) in [6.07, 6.45) is 0. The van der Waals surface area contributed by atoms with Gasteiger partial charge in [0, 0.05) is 53.0 Å². The van der Waals surface area contributed by atoms with E-state index in [0.717, 1.165) is 66.5 Å². The van der Waals surface area contributed by atoms with Gasteiger partial charge in [-0.1, -0.05) is 146 Å². The van der Waals surface area contributed by atoms with Crippen molar-refractivity contribution in [1.29, 1.82) is 0 Å². The molecule has 0 spiro atoms. The molecule has 0 aliphatic carbocycles. The van der Waals surface area contributed by atoms with E-state index in [2.05, 4.69) is 109 Å². The van der Waals surface area contributed by atoms with Gasteiger partial charge >= 0.3 is 0 Å². The van der Waals surface area contributed by atoms with Crippen molar-refractivity contribution in [3.63, 3.8) is 0 Å². The monoisotopic (exact) mass is 708 g/mol. The molecule has 5 nitrogen and oxygen atoms in total. The highest BCUT2D eigenvalue weighted by Gasteiger charge is 2.19. The first-order chi connectivity index (χ1) is 26.7. The van der Waals surface area contributed by atoms with Gasteiger partial charge in [0.25, 0.3) is 0 Å². The molecular weight excluding hydrogens is 681 g/mol. The molecule has 6 heteroatoms. The molecule has 0 saturated carbocycles. The minimum Gasteiger partial charge on any atom is -0.455 e. The summed E-state index contributed by atoms with van der Waals surface area (Å²) < 4.78 is 8.94. The van der Waals surface area contributed by atoms with Crippen LogP contribution >= 0.6 is 11.3 Å². The van der Waals surface area contributed by atoms with Gasteiger partial charge in [-0.25, -0.2) is 19.9 Å². The second-order valence-corrected chi connectivity index (χ2v) is 14.4. The number of fused-ring (bicyclic) bond motifs is 8. The highest BCUT2D eigenvalue weighted by molar-refractivity contribution is 7.26. The van der Waals surface area contributed by atoms with E-state index in [1.54, 1.807) is 0 Å². The van der Waals surface area contributed by atoms with Crippen LogP contribution in [0.15, 0.2) is 174 Å². The molecule has 0 saturated heterocycles. The van der Waals surface area contributed by atoms with Crippen LogP contribution in [0.1, 0.15) is 0 Å². The summed E-state index contributed by atoms with van der Waals surface area (Å²) in [5.41, 5.74) is 9.60. The zero-order valence-electron chi connectivity index (χ0n) is 28.8.